The third kappa shape index (κ3) is 13.0. The van der Waals surface area contributed by atoms with E-state index in [1.165, 1.54) is 30.5 Å². The molecule has 0 unspecified atom stereocenters. The minimum Gasteiger partial charge on any atom is -0.462 e. The Morgan fingerprint density at radius 1 is 0.688 bits per heavy atom. The highest BCUT2D eigenvalue weighted by atomic mass is 19.2. The molecule has 0 bridgehead atoms. The van der Waals surface area contributed by atoms with Crippen molar-refractivity contribution in [3.63, 3.8) is 0 Å². The Morgan fingerprint density at radius 2 is 1.15 bits per heavy atom. The van der Waals surface area contributed by atoms with Crippen LogP contribution >= 0.6 is 0 Å². The zero-order valence-corrected chi connectivity index (χ0v) is 27.6. The van der Waals surface area contributed by atoms with E-state index in [9.17, 15) is 28.0 Å². The number of esters is 4. The molecule has 0 atom stereocenters. The van der Waals surface area contributed by atoms with Gasteiger partial charge in [-0.2, -0.15) is 0 Å². The molecule has 2 aliphatic carbocycles. The molecule has 48 heavy (non-hydrogen) atoms. The summed E-state index contributed by atoms with van der Waals surface area (Å²) in [5.74, 6) is -2.67. The van der Waals surface area contributed by atoms with E-state index >= 15 is 0 Å². The Kier molecular flexibility index (Phi) is 16.0. The first-order chi connectivity index (χ1) is 23.1. The average Bonchev–Trinajstić information content (AvgIpc) is 3.11. The van der Waals surface area contributed by atoms with Crippen molar-refractivity contribution in [2.45, 2.75) is 77.6 Å². The van der Waals surface area contributed by atoms with E-state index in [2.05, 4.69) is 20.1 Å². The highest BCUT2D eigenvalue weighted by Crippen LogP contribution is 2.32. The monoisotopic (exact) mass is 668 g/mol. The second-order valence-corrected chi connectivity index (χ2v) is 12.3. The van der Waals surface area contributed by atoms with Crippen LogP contribution in [0.1, 0.15) is 76.7 Å². The van der Waals surface area contributed by atoms with Crippen molar-refractivity contribution in [2.24, 2.45) is 23.7 Å². The minimum absolute atomic E-state index is 0.00376. The molecule has 0 aromatic heterocycles. The lowest BCUT2D eigenvalue weighted by Gasteiger charge is -2.26. The number of carbonyl (C=O) groups is 4. The molecule has 0 heterocycles. The van der Waals surface area contributed by atoms with Crippen LogP contribution in [0.15, 0.2) is 67.8 Å². The number of rotatable bonds is 13. The summed E-state index contributed by atoms with van der Waals surface area (Å²) >= 11 is 0. The lowest BCUT2D eigenvalue weighted by molar-refractivity contribution is -0.143. The van der Waals surface area contributed by atoms with E-state index in [4.69, 9.17) is 18.9 Å². The van der Waals surface area contributed by atoms with Gasteiger partial charge in [0, 0.05) is 18.2 Å². The van der Waals surface area contributed by atoms with Gasteiger partial charge >= 0.3 is 23.9 Å². The van der Waals surface area contributed by atoms with E-state index in [0.29, 0.717) is 37.7 Å². The van der Waals surface area contributed by atoms with Gasteiger partial charge in [-0.3, -0.25) is 9.59 Å². The zero-order valence-electron chi connectivity index (χ0n) is 27.6. The Morgan fingerprint density at radius 3 is 1.58 bits per heavy atom. The summed E-state index contributed by atoms with van der Waals surface area (Å²) in [4.78, 5) is 46.5. The SMILES string of the molecule is C=CC(=O)OCC1CCC(C(=O)Oc2ccc(CCCC)cc2)CC1.C=CC(=O)OCC1CCC(C(=O)Oc2ccc(F)c(F)c2)CC1. The summed E-state index contributed by atoms with van der Waals surface area (Å²) in [6.45, 7) is 9.61. The molecule has 2 aromatic carbocycles. The van der Waals surface area contributed by atoms with Crippen molar-refractivity contribution in [3.05, 3.63) is 85.0 Å². The molecule has 0 amide bonds. The molecular formula is C38H46F2O8. The van der Waals surface area contributed by atoms with Gasteiger partial charge in [-0.05, 0) is 106 Å². The molecule has 260 valence electrons. The Bertz CT molecular complexity index is 1370. The lowest BCUT2D eigenvalue weighted by Crippen LogP contribution is -2.27. The van der Waals surface area contributed by atoms with Crippen LogP contribution in [0.3, 0.4) is 0 Å². The number of carbonyl (C=O) groups excluding carboxylic acids is 4. The maximum absolute atomic E-state index is 13.1. The normalized spacial score (nSPS) is 20.2. The van der Waals surface area contributed by atoms with Crippen LogP contribution < -0.4 is 9.47 Å². The van der Waals surface area contributed by atoms with E-state index < -0.39 is 23.6 Å². The quantitative estimate of drug-likeness (QED) is 0.121. The van der Waals surface area contributed by atoms with E-state index in [-0.39, 0.29) is 35.4 Å². The molecule has 10 heteroatoms. The third-order valence-corrected chi connectivity index (χ3v) is 8.69. The minimum atomic E-state index is -1.05. The summed E-state index contributed by atoms with van der Waals surface area (Å²) in [6, 6.07) is 10.8. The molecular weight excluding hydrogens is 622 g/mol. The van der Waals surface area contributed by atoms with Gasteiger partial charge in [0.2, 0.25) is 0 Å². The summed E-state index contributed by atoms with van der Waals surface area (Å²) in [5.41, 5.74) is 1.27. The van der Waals surface area contributed by atoms with Gasteiger partial charge < -0.3 is 18.9 Å². The molecule has 0 N–H and O–H groups in total. The van der Waals surface area contributed by atoms with Gasteiger partial charge in [-0.1, -0.05) is 38.6 Å². The van der Waals surface area contributed by atoms with Gasteiger partial charge in [0.1, 0.15) is 11.5 Å². The fraction of sp³-hybridized carbons (Fsp3) is 0.474. The smallest absolute Gasteiger partial charge is 0.330 e. The van der Waals surface area contributed by atoms with Crippen molar-refractivity contribution in [2.75, 3.05) is 13.2 Å². The summed E-state index contributed by atoms with van der Waals surface area (Å²) in [5, 5.41) is 0. The van der Waals surface area contributed by atoms with E-state index in [1.54, 1.807) is 0 Å². The fourth-order valence-corrected chi connectivity index (χ4v) is 5.69. The first-order valence-electron chi connectivity index (χ1n) is 16.7. The van der Waals surface area contributed by atoms with Crippen LogP contribution in [-0.4, -0.2) is 37.1 Å². The predicted molar refractivity (Wildman–Crippen MR) is 176 cm³/mol. The number of ether oxygens (including phenoxy) is 4. The van der Waals surface area contributed by atoms with Gasteiger partial charge in [-0.25, -0.2) is 18.4 Å². The first-order valence-corrected chi connectivity index (χ1v) is 16.7. The van der Waals surface area contributed by atoms with Crippen molar-refractivity contribution >= 4 is 23.9 Å². The largest absolute Gasteiger partial charge is 0.462 e. The Labute approximate surface area is 281 Å². The summed E-state index contributed by atoms with van der Waals surface area (Å²) in [7, 11) is 0. The molecule has 2 saturated carbocycles. The molecule has 2 fully saturated rings. The maximum Gasteiger partial charge on any atom is 0.330 e. The topological polar surface area (TPSA) is 105 Å². The Balaban J connectivity index is 0.000000261. The third-order valence-electron chi connectivity index (χ3n) is 8.69. The highest BCUT2D eigenvalue weighted by molar-refractivity contribution is 5.81. The number of benzene rings is 2. The van der Waals surface area contributed by atoms with E-state index in [0.717, 1.165) is 63.2 Å². The van der Waals surface area contributed by atoms with Crippen molar-refractivity contribution in [3.8, 4) is 11.5 Å². The van der Waals surface area contributed by atoms with Gasteiger partial charge in [0.25, 0.3) is 0 Å². The van der Waals surface area contributed by atoms with Crippen molar-refractivity contribution in [1.82, 2.24) is 0 Å². The van der Waals surface area contributed by atoms with Gasteiger partial charge in [-0.15, -0.1) is 0 Å². The molecule has 2 aromatic rings. The van der Waals surface area contributed by atoms with Crippen molar-refractivity contribution < 1.29 is 46.9 Å². The molecule has 0 saturated heterocycles. The van der Waals surface area contributed by atoms with Crippen molar-refractivity contribution in [1.29, 1.82) is 0 Å². The van der Waals surface area contributed by atoms with Crippen LogP contribution in [0.2, 0.25) is 0 Å². The zero-order chi connectivity index (χ0) is 34.9. The Hall–Kier alpha value is -4.34. The van der Waals surface area contributed by atoms with Crippen LogP contribution in [0.5, 0.6) is 11.5 Å². The second kappa shape index (κ2) is 20.1. The fourth-order valence-electron chi connectivity index (χ4n) is 5.69. The van der Waals surface area contributed by atoms with Gasteiger partial charge in [0.05, 0.1) is 25.0 Å². The van der Waals surface area contributed by atoms with Crippen LogP contribution in [0.4, 0.5) is 8.78 Å². The molecule has 8 nitrogen and oxygen atoms in total. The maximum atomic E-state index is 13.1. The molecule has 0 radical (unpaired) electrons. The standard InChI is InChI=1S/C21H28O4.C17H18F2O4/c1-3-5-6-16-9-13-19(14-10-16)25-21(23)18-11-7-17(8-12-18)15-24-20(22)4-2;1-2-16(20)22-10-11-3-5-12(6-4-11)17(21)23-13-7-8-14(18)15(19)9-13/h4,9-10,13-14,17-18H,2-3,5-8,11-12,15H2,1H3;2,7-9,11-12H,1,3-6,10H2. The molecule has 2 aliphatic rings. The second-order valence-electron chi connectivity index (χ2n) is 12.3. The number of hydrogen-bond acceptors (Lipinski definition) is 8. The molecule has 0 spiro atoms. The number of hydrogen-bond donors (Lipinski definition) is 0. The van der Waals surface area contributed by atoms with Crippen LogP contribution in [0, 0.1) is 35.3 Å². The molecule has 0 aliphatic heterocycles. The van der Waals surface area contributed by atoms with Crippen LogP contribution in [-0.2, 0) is 35.1 Å². The van der Waals surface area contributed by atoms with Crippen LogP contribution in [0.25, 0.3) is 0 Å². The molecule has 4 rings (SSSR count). The summed E-state index contributed by atoms with van der Waals surface area (Å²) in [6.07, 6.45) is 11.7. The lowest BCUT2D eigenvalue weighted by atomic mass is 9.82. The number of unbranched alkanes of at least 4 members (excludes halogenated alkanes) is 1. The highest BCUT2D eigenvalue weighted by Gasteiger charge is 2.29. The average molecular weight is 669 g/mol. The number of aryl methyl sites for hydroxylation is 1. The first kappa shape index (κ1) is 38.1. The summed E-state index contributed by atoms with van der Waals surface area (Å²) < 4.78 is 46.6. The number of halogens is 2. The van der Waals surface area contributed by atoms with Gasteiger partial charge in [0.15, 0.2) is 11.6 Å². The van der Waals surface area contributed by atoms with E-state index in [1.807, 2.05) is 24.3 Å². The predicted octanol–water partition coefficient (Wildman–Crippen LogP) is 7.88.